The van der Waals surface area contributed by atoms with Crippen molar-refractivity contribution in [3.63, 3.8) is 0 Å². The van der Waals surface area contributed by atoms with Crippen LogP contribution in [0.25, 0.3) is 0 Å². The molecule has 0 spiro atoms. The highest BCUT2D eigenvalue weighted by Gasteiger charge is 2.29. The summed E-state index contributed by atoms with van der Waals surface area (Å²) in [7, 11) is -3.62. The van der Waals surface area contributed by atoms with Crippen molar-refractivity contribution in [2.75, 3.05) is 18.8 Å². The minimum absolute atomic E-state index is 0.0128. The average molecular weight is 313 g/mol. The first-order chi connectivity index (χ1) is 9.80. The highest BCUT2D eigenvalue weighted by molar-refractivity contribution is 7.89. The van der Waals surface area contributed by atoms with E-state index in [4.69, 9.17) is 5.73 Å². The molecule has 1 aromatic carbocycles. The van der Waals surface area contributed by atoms with Gasteiger partial charge in [0.05, 0.1) is 10.6 Å². The van der Waals surface area contributed by atoms with Crippen molar-refractivity contribution in [3.05, 3.63) is 18.2 Å². The number of benzene rings is 1. The quantitative estimate of drug-likeness (QED) is 0.547. The van der Waals surface area contributed by atoms with Crippen LogP contribution in [0.3, 0.4) is 0 Å². The van der Waals surface area contributed by atoms with E-state index < -0.39 is 10.0 Å². The number of sulfonamides is 1. The minimum Gasteiger partial charge on any atom is -0.506 e. The van der Waals surface area contributed by atoms with Gasteiger partial charge in [-0.2, -0.15) is 4.31 Å². The van der Waals surface area contributed by atoms with Crippen LogP contribution in [0.1, 0.15) is 19.8 Å². The van der Waals surface area contributed by atoms with Crippen LogP contribution >= 0.6 is 0 Å². The number of phenols is 1. The van der Waals surface area contributed by atoms with Gasteiger partial charge in [-0.25, -0.2) is 8.42 Å². The second kappa shape index (κ2) is 5.90. The maximum absolute atomic E-state index is 12.5. The lowest BCUT2D eigenvalue weighted by Crippen LogP contribution is -2.46. The Kier molecular flexibility index (Phi) is 4.38. The fourth-order valence-electron chi connectivity index (χ4n) is 2.37. The summed E-state index contributed by atoms with van der Waals surface area (Å²) < 4.78 is 26.3. The number of hydrogen-bond donors (Lipinski definition) is 3. The number of hydrogen-bond acceptors (Lipinski definition) is 5. The number of nitrogens with zero attached hydrogens (tertiary/aromatic N) is 1. The molecule has 1 saturated heterocycles. The first-order valence-electron chi connectivity index (χ1n) is 6.66. The molecule has 1 amide bonds. The molecule has 8 heteroatoms. The van der Waals surface area contributed by atoms with E-state index in [0.29, 0.717) is 25.9 Å². The van der Waals surface area contributed by atoms with Gasteiger partial charge >= 0.3 is 0 Å². The van der Waals surface area contributed by atoms with Gasteiger partial charge in [0.2, 0.25) is 15.9 Å². The molecule has 21 heavy (non-hydrogen) atoms. The van der Waals surface area contributed by atoms with E-state index in [1.165, 1.54) is 29.4 Å². The summed E-state index contributed by atoms with van der Waals surface area (Å²) in [6.45, 7) is 2.13. The Labute approximate surface area is 123 Å². The fourth-order valence-corrected chi connectivity index (χ4v) is 3.88. The van der Waals surface area contributed by atoms with Gasteiger partial charge in [0.1, 0.15) is 5.75 Å². The number of carbonyl (C=O) groups excluding carboxylic acids is 1. The monoisotopic (exact) mass is 313 g/mol. The second-order valence-electron chi connectivity index (χ2n) is 5.10. The normalized spacial score (nSPS) is 17.6. The highest BCUT2D eigenvalue weighted by atomic mass is 32.2. The van der Waals surface area contributed by atoms with Crippen molar-refractivity contribution in [1.29, 1.82) is 0 Å². The van der Waals surface area contributed by atoms with E-state index in [-0.39, 0.29) is 28.3 Å². The Balaban J connectivity index is 2.11. The van der Waals surface area contributed by atoms with E-state index in [1.54, 1.807) is 0 Å². The molecule has 4 N–H and O–H groups in total. The summed E-state index contributed by atoms with van der Waals surface area (Å²) in [6, 6.07) is 3.87. The standard InChI is InChI=1S/C13H19N3O4S/c1-9(17)15-10-4-6-16(7-5-10)21(19,20)11-2-3-13(18)12(14)8-11/h2-3,8,10,18H,4-7,14H2,1H3,(H,15,17). The van der Waals surface area contributed by atoms with E-state index in [2.05, 4.69) is 5.32 Å². The van der Waals surface area contributed by atoms with Gasteiger partial charge in [-0.1, -0.05) is 0 Å². The molecule has 1 fully saturated rings. The Bertz CT molecular complexity index is 637. The lowest BCUT2D eigenvalue weighted by Gasteiger charge is -2.31. The van der Waals surface area contributed by atoms with Crippen LogP contribution in [0.5, 0.6) is 5.75 Å². The lowest BCUT2D eigenvalue weighted by molar-refractivity contribution is -0.119. The molecule has 1 aliphatic heterocycles. The average Bonchev–Trinajstić information content (AvgIpc) is 2.41. The maximum atomic E-state index is 12.5. The predicted octanol–water partition coefficient (Wildman–Crippen LogP) is 0.264. The molecule has 0 bridgehead atoms. The predicted molar refractivity (Wildman–Crippen MR) is 78.1 cm³/mol. The van der Waals surface area contributed by atoms with Crippen LogP contribution in [0.15, 0.2) is 23.1 Å². The number of carbonyl (C=O) groups is 1. The number of nitrogens with one attached hydrogen (secondary N) is 1. The molecule has 0 saturated carbocycles. The van der Waals surface area contributed by atoms with Crippen LogP contribution in [0.4, 0.5) is 5.69 Å². The summed E-state index contributed by atoms with van der Waals surface area (Å²) in [5.41, 5.74) is 5.57. The zero-order valence-electron chi connectivity index (χ0n) is 11.7. The summed E-state index contributed by atoms with van der Waals surface area (Å²) in [5.74, 6) is -0.249. The zero-order chi connectivity index (χ0) is 15.6. The van der Waals surface area contributed by atoms with Crippen molar-refractivity contribution in [3.8, 4) is 5.75 Å². The largest absolute Gasteiger partial charge is 0.506 e. The van der Waals surface area contributed by atoms with E-state index in [9.17, 15) is 18.3 Å². The number of anilines is 1. The summed E-state index contributed by atoms with van der Waals surface area (Å²) in [5, 5.41) is 12.2. The number of phenolic OH excluding ortho intramolecular Hbond substituents is 1. The third-order valence-electron chi connectivity index (χ3n) is 3.50. The topological polar surface area (TPSA) is 113 Å². The lowest BCUT2D eigenvalue weighted by atomic mass is 10.1. The van der Waals surface area contributed by atoms with Crippen molar-refractivity contribution in [2.45, 2.75) is 30.7 Å². The number of aromatic hydroxyl groups is 1. The molecular formula is C13H19N3O4S. The molecule has 2 rings (SSSR count). The van der Waals surface area contributed by atoms with Crippen LogP contribution in [0.2, 0.25) is 0 Å². The fraction of sp³-hybridized carbons (Fsp3) is 0.462. The summed E-state index contributed by atoms with van der Waals surface area (Å²) in [6.07, 6.45) is 1.15. The molecule has 1 aromatic rings. The van der Waals surface area contributed by atoms with Gasteiger partial charge in [-0.15, -0.1) is 0 Å². The van der Waals surface area contributed by atoms with Gasteiger partial charge < -0.3 is 16.2 Å². The SMILES string of the molecule is CC(=O)NC1CCN(S(=O)(=O)c2ccc(O)c(N)c2)CC1. The molecule has 0 aliphatic carbocycles. The first-order valence-corrected chi connectivity index (χ1v) is 8.10. The Morgan fingerprint density at radius 1 is 1.38 bits per heavy atom. The summed E-state index contributed by atoms with van der Waals surface area (Å²) in [4.78, 5) is 11.1. The number of piperidine rings is 1. The third kappa shape index (κ3) is 3.45. The van der Waals surface area contributed by atoms with Crippen molar-refractivity contribution < 1.29 is 18.3 Å². The molecule has 116 valence electrons. The van der Waals surface area contributed by atoms with Crippen LogP contribution < -0.4 is 11.1 Å². The summed E-state index contributed by atoms with van der Waals surface area (Å²) >= 11 is 0. The van der Waals surface area contributed by atoms with Crippen LogP contribution in [-0.2, 0) is 14.8 Å². The highest BCUT2D eigenvalue weighted by Crippen LogP contribution is 2.26. The molecular weight excluding hydrogens is 294 g/mol. The number of amides is 1. The first kappa shape index (κ1) is 15.6. The number of nitrogens with two attached hydrogens (primary N) is 1. The van der Waals surface area contributed by atoms with Crippen molar-refractivity contribution in [2.24, 2.45) is 0 Å². The third-order valence-corrected chi connectivity index (χ3v) is 5.39. The Morgan fingerprint density at radius 2 is 2.00 bits per heavy atom. The molecule has 0 aromatic heterocycles. The number of nitrogen functional groups attached to an aromatic ring is 1. The molecule has 7 nitrogen and oxygen atoms in total. The van der Waals surface area contributed by atoms with Crippen molar-refractivity contribution >= 4 is 21.6 Å². The van der Waals surface area contributed by atoms with Crippen molar-refractivity contribution in [1.82, 2.24) is 9.62 Å². The van der Waals surface area contributed by atoms with E-state index in [0.717, 1.165) is 0 Å². The smallest absolute Gasteiger partial charge is 0.243 e. The molecule has 0 radical (unpaired) electrons. The van der Waals surface area contributed by atoms with E-state index in [1.807, 2.05) is 0 Å². The van der Waals surface area contributed by atoms with Gasteiger partial charge in [0.15, 0.2) is 0 Å². The number of rotatable bonds is 3. The van der Waals surface area contributed by atoms with Gasteiger partial charge in [-0.05, 0) is 31.0 Å². The zero-order valence-corrected chi connectivity index (χ0v) is 12.6. The maximum Gasteiger partial charge on any atom is 0.243 e. The molecule has 0 atom stereocenters. The second-order valence-corrected chi connectivity index (χ2v) is 7.04. The van der Waals surface area contributed by atoms with Crippen LogP contribution in [-0.4, -0.2) is 42.9 Å². The molecule has 1 aliphatic rings. The van der Waals surface area contributed by atoms with Gasteiger partial charge in [0.25, 0.3) is 0 Å². The molecule has 1 heterocycles. The van der Waals surface area contributed by atoms with Gasteiger partial charge in [-0.3, -0.25) is 4.79 Å². The Morgan fingerprint density at radius 3 is 2.52 bits per heavy atom. The molecule has 0 unspecified atom stereocenters. The van der Waals surface area contributed by atoms with Gasteiger partial charge in [0, 0.05) is 26.1 Å². The Hall–Kier alpha value is -1.80. The van der Waals surface area contributed by atoms with Crippen LogP contribution in [0, 0.1) is 0 Å². The minimum atomic E-state index is -3.62. The van der Waals surface area contributed by atoms with E-state index >= 15 is 0 Å².